The molecule has 0 saturated carbocycles. The zero-order valence-electron chi connectivity index (χ0n) is 11.1. The van der Waals surface area contributed by atoms with Crippen LogP contribution in [0.1, 0.15) is 0 Å². The fraction of sp³-hybridized carbons (Fsp3) is 0.0769. The largest absolute Gasteiger partial charge is 0.495 e. The number of amides is 1. The summed E-state index contributed by atoms with van der Waals surface area (Å²) < 4.78 is 5.12. The smallest absolute Gasteiger partial charge is 0.267 e. The van der Waals surface area contributed by atoms with Crippen LogP contribution in [-0.4, -0.2) is 28.2 Å². The summed E-state index contributed by atoms with van der Waals surface area (Å²) in [7, 11) is 1.50. The van der Waals surface area contributed by atoms with Gasteiger partial charge in [0.2, 0.25) is 5.95 Å². The summed E-state index contributed by atoms with van der Waals surface area (Å²) in [5.41, 5.74) is 0.364. The number of ether oxygens (including phenoxy) is 1. The number of carbonyl (C=O) groups excluding carboxylic acids is 1. The zero-order valence-corrected chi connectivity index (χ0v) is 11.1. The maximum Gasteiger partial charge on any atom is 0.267 e. The van der Waals surface area contributed by atoms with E-state index >= 15 is 0 Å². The minimum Gasteiger partial charge on any atom is -0.495 e. The molecular weight excluding hydrogens is 272 g/mol. The fourth-order valence-electron chi connectivity index (χ4n) is 1.50. The average Bonchev–Trinajstić information content (AvgIpc) is 3.02. The number of benzene rings is 1. The standard InChI is InChI=1S/C13H12N6O2/c1-21-11-5-3-2-4-10(11)18-12(20)9(6-14)7-15-13-16-8-17-19-13/h2-5,7-8H,1H3,(H,18,20)(H2,15,16,17,19)/b9-7-. The Morgan fingerprint density at radius 3 is 2.95 bits per heavy atom. The van der Waals surface area contributed by atoms with Crippen LogP contribution in [0.5, 0.6) is 5.75 Å². The predicted molar refractivity (Wildman–Crippen MR) is 75.3 cm³/mol. The third kappa shape index (κ3) is 3.57. The number of nitrogens with zero attached hydrogens (tertiary/aromatic N) is 3. The molecule has 1 aromatic carbocycles. The van der Waals surface area contributed by atoms with Gasteiger partial charge in [-0.15, -0.1) is 0 Å². The summed E-state index contributed by atoms with van der Waals surface area (Å²) in [6, 6.07) is 8.72. The topological polar surface area (TPSA) is 116 Å². The van der Waals surface area contributed by atoms with Crippen molar-refractivity contribution in [3.63, 3.8) is 0 Å². The SMILES string of the molecule is COc1ccccc1NC(=O)/C(C#N)=C\Nc1ncn[nH]1. The van der Waals surface area contributed by atoms with Gasteiger partial charge in [-0.3, -0.25) is 4.79 Å². The third-order valence-corrected chi connectivity index (χ3v) is 2.49. The number of hydrogen-bond acceptors (Lipinski definition) is 6. The van der Waals surface area contributed by atoms with Crippen molar-refractivity contribution < 1.29 is 9.53 Å². The van der Waals surface area contributed by atoms with Crippen LogP contribution in [0.15, 0.2) is 42.4 Å². The number of methoxy groups -OCH3 is 1. The summed E-state index contributed by atoms with van der Waals surface area (Å²) in [5.74, 6) is 0.271. The normalized spacial score (nSPS) is 10.6. The number of nitrogens with one attached hydrogen (secondary N) is 3. The molecule has 0 fully saturated rings. The highest BCUT2D eigenvalue weighted by atomic mass is 16.5. The van der Waals surface area contributed by atoms with Gasteiger partial charge in [0.1, 0.15) is 23.7 Å². The van der Waals surface area contributed by atoms with Gasteiger partial charge in [0.25, 0.3) is 5.91 Å². The Balaban J connectivity index is 2.10. The molecule has 0 spiro atoms. The van der Waals surface area contributed by atoms with Crippen molar-refractivity contribution in [1.29, 1.82) is 5.26 Å². The minimum atomic E-state index is -0.561. The number of H-pyrrole nitrogens is 1. The highest BCUT2D eigenvalue weighted by Gasteiger charge is 2.11. The minimum absolute atomic E-state index is 0.114. The summed E-state index contributed by atoms with van der Waals surface area (Å²) in [6.45, 7) is 0. The molecule has 0 radical (unpaired) electrons. The second-order valence-electron chi connectivity index (χ2n) is 3.80. The van der Waals surface area contributed by atoms with Crippen LogP contribution in [0.25, 0.3) is 0 Å². The number of carbonyl (C=O) groups is 1. The molecule has 0 aliphatic heterocycles. The van der Waals surface area contributed by atoms with E-state index in [4.69, 9.17) is 10.00 Å². The van der Waals surface area contributed by atoms with Gasteiger partial charge in [-0.2, -0.15) is 15.3 Å². The number of aromatic nitrogens is 3. The lowest BCUT2D eigenvalue weighted by Crippen LogP contribution is -2.15. The Bertz CT molecular complexity index is 687. The Kier molecular flexibility index (Phi) is 4.50. The molecule has 0 saturated heterocycles. The van der Waals surface area contributed by atoms with Crippen molar-refractivity contribution in [1.82, 2.24) is 15.2 Å². The van der Waals surface area contributed by atoms with E-state index in [-0.39, 0.29) is 5.57 Å². The molecule has 3 N–H and O–H groups in total. The first-order valence-electron chi connectivity index (χ1n) is 5.91. The van der Waals surface area contributed by atoms with E-state index < -0.39 is 5.91 Å². The monoisotopic (exact) mass is 284 g/mol. The lowest BCUT2D eigenvalue weighted by molar-refractivity contribution is -0.112. The Labute approximate surface area is 120 Å². The van der Waals surface area contributed by atoms with Gasteiger partial charge in [0.15, 0.2) is 0 Å². The Morgan fingerprint density at radius 1 is 1.48 bits per heavy atom. The first-order valence-corrected chi connectivity index (χ1v) is 5.91. The van der Waals surface area contributed by atoms with Crippen LogP contribution in [-0.2, 0) is 4.79 Å². The molecule has 0 aliphatic carbocycles. The average molecular weight is 284 g/mol. The summed E-state index contributed by atoms with van der Waals surface area (Å²) in [5, 5.41) is 20.5. The van der Waals surface area contributed by atoms with Gasteiger partial charge in [0, 0.05) is 6.20 Å². The highest BCUT2D eigenvalue weighted by Crippen LogP contribution is 2.23. The lowest BCUT2D eigenvalue weighted by atomic mass is 10.2. The molecule has 2 aromatic rings. The van der Waals surface area contributed by atoms with Crippen molar-refractivity contribution in [3.8, 4) is 11.8 Å². The first-order chi connectivity index (χ1) is 10.2. The summed E-state index contributed by atoms with van der Waals surface area (Å²) in [4.78, 5) is 15.8. The van der Waals surface area contributed by atoms with Gasteiger partial charge in [-0.25, -0.2) is 5.10 Å². The molecule has 1 aromatic heterocycles. The number of para-hydroxylation sites is 2. The molecule has 1 heterocycles. The van der Waals surface area contributed by atoms with Crippen LogP contribution in [0.2, 0.25) is 0 Å². The molecule has 8 nitrogen and oxygen atoms in total. The molecule has 8 heteroatoms. The summed E-state index contributed by atoms with van der Waals surface area (Å²) in [6.07, 6.45) is 2.54. The van der Waals surface area contributed by atoms with Crippen LogP contribution >= 0.6 is 0 Å². The van der Waals surface area contributed by atoms with E-state index in [1.165, 1.54) is 19.6 Å². The van der Waals surface area contributed by atoms with E-state index in [2.05, 4.69) is 25.8 Å². The predicted octanol–water partition coefficient (Wildman–Crippen LogP) is 1.27. The van der Waals surface area contributed by atoms with Crippen LogP contribution < -0.4 is 15.4 Å². The van der Waals surface area contributed by atoms with E-state index in [0.29, 0.717) is 17.4 Å². The van der Waals surface area contributed by atoms with Crippen molar-refractivity contribution in [2.45, 2.75) is 0 Å². The van der Waals surface area contributed by atoms with Crippen LogP contribution in [0.4, 0.5) is 11.6 Å². The molecule has 106 valence electrons. The first kappa shape index (κ1) is 14.1. The van der Waals surface area contributed by atoms with Crippen LogP contribution in [0.3, 0.4) is 0 Å². The zero-order chi connectivity index (χ0) is 15.1. The number of nitriles is 1. The molecule has 0 aliphatic rings. The molecular formula is C13H12N6O2. The van der Waals surface area contributed by atoms with Gasteiger partial charge >= 0.3 is 0 Å². The van der Waals surface area contributed by atoms with Crippen molar-refractivity contribution >= 4 is 17.5 Å². The number of anilines is 2. The second kappa shape index (κ2) is 6.72. The Morgan fingerprint density at radius 2 is 2.29 bits per heavy atom. The van der Waals surface area contributed by atoms with E-state index in [1.54, 1.807) is 30.3 Å². The quantitative estimate of drug-likeness (QED) is 0.562. The second-order valence-corrected chi connectivity index (χ2v) is 3.80. The molecule has 0 unspecified atom stereocenters. The fourth-order valence-corrected chi connectivity index (χ4v) is 1.50. The van der Waals surface area contributed by atoms with Gasteiger partial charge in [-0.05, 0) is 12.1 Å². The number of hydrogen-bond donors (Lipinski definition) is 3. The lowest BCUT2D eigenvalue weighted by Gasteiger charge is -2.09. The maximum absolute atomic E-state index is 12.0. The summed E-state index contributed by atoms with van der Waals surface area (Å²) >= 11 is 0. The number of rotatable bonds is 5. The van der Waals surface area contributed by atoms with Crippen molar-refractivity contribution in [3.05, 3.63) is 42.4 Å². The van der Waals surface area contributed by atoms with E-state index in [9.17, 15) is 4.79 Å². The molecule has 0 atom stereocenters. The molecule has 21 heavy (non-hydrogen) atoms. The Hall–Kier alpha value is -3.34. The van der Waals surface area contributed by atoms with Gasteiger partial charge < -0.3 is 15.4 Å². The van der Waals surface area contributed by atoms with Gasteiger partial charge in [-0.1, -0.05) is 12.1 Å². The van der Waals surface area contributed by atoms with Crippen molar-refractivity contribution in [2.24, 2.45) is 0 Å². The van der Waals surface area contributed by atoms with E-state index in [1.807, 2.05) is 0 Å². The molecule has 0 bridgehead atoms. The van der Waals surface area contributed by atoms with Crippen LogP contribution in [0, 0.1) is 11.3 Å². The molecule has 2 rings (SSSR count). The number of aromatic amines is 1. The van der Waals surface area contributed by atoms with Gasteiger partial charge in [0.05, 0.1) is 12.8 Å². The van der Waals surface area contributed by atoms with Crippen molar-refractivity contribution in [2.75, 3.05) is 17.7 Å². The van der Waals surface area contributed by atoms with E-state index in [0.717, 1.165) is 0 Å². The maximum atomic E-state index is 12.0. The molecule has 1 amide bonds. The third-order valence-electron chi connectivity index (χ3n) is 2.49. The highest BCUT2D eigenvalue weighted by molar-refractivity contribution is 6.07.